The molecule has 1 amide bonds. The van der Waals surface area contributed by atoms with Crippen LogP contribution in [0.15, 0.2) is 0 Å². The molecule has 1 rings (SSSR count). The van der Waals surface area contributed by atoms with Gasteiger partial charge in [-0.1, -0.05) is 19.8 Å². The van der Waals surface area contributed by atoms with Crippen molar-refractivity contribution in [2.24, 2.45) is 5.92 Å². The number of amides is 1. The van der Waals surface area contributed by atoms with Gasteiger partial charge in [0.1, 0.15) is 5.78 Å². The van der Waals surface area contributed by atoms with E-state index in [0.717, 1.165) is 18.8 Å². The quantitative estimate of drug-likeness (QED) is 0.658. The van der Waals surface area contributed by atoms with Gasteiger partial charge in [0.05, 0.1) is 6.42 Å². The van der Waals surface area contributed by atoms with Crippen LogP contribution in [0.5, 0.6) is 0 Å². The van der Waals surface area contributed by atoms with Crippen molar-refractivity contribution >= 4 is 11.7 Å². The minimum Gasteiger partial charge on any atom is -0.353 e. The van der Waals surface area contributed by atoms with Crippen LogP contribution < -0.4 is 5.32 Å². The average Bonchev–Trinajstić information content (AvgIpc) is 2.85. The van der Waals surface area contributed by atoms with Crippen LogP contribution >= 0.6 is 0 Å². The summed E-state index contributed by atoms with van der Waals surface area (Å²) in [7, 11) is 0. The van der Waals surface area contributed by atoms with Gasteiger partial charge in [0.25, 0.3) is 0 Å². The van der Waals surface area contributed by atoms with Gasteiger partial charge in [0, 0.05) is 6.04 Å². The number of hydrogen-bond donors (Lipinski definition) is 1. The normalized spacial score (nSPS) is 17.6. The van der Waals surface area contributed by atoms with E-state index in [9.17, 15) is 9.59 Å². The Labute approximate surface area is 85.3 Å². The van der Waals surface area contributed by atoms with Gasteiger partial charge in [0.2, 0.25) is 5.91 Å². The monoisotopic (exact) mass is 197 g/mol. The molecule has 1 atom stereocenters. The Bertz CT molecular complexity index is 221. The molecule has 0 aromatic carbocycles. The van der Waals surface area contributed by atoms with Gasteiger partial charge in [-0.05, 0) is 25.7 Å². The first-order valence-electron chi connectivity index (χ1n) is 5.40. The Morgan fingerprint density at radius 3 is 2.50 bits per heavy atom. The summed E-state index contributed by atoms with van der Waals surface area (Å²) < 4.78 is 0. The van der Waals surface area contributed by atoms with Crippen molar-refractivity contribution in [1.82, 2.24) is 5.32 Å². The molecule has 0 spiro atoms. The van der Waals surface area contributed by atoms with E-state index in [1.54, 1.807) is 0 Å². The Hall–Kier alpha value is -0.860. The summed E-state index contributed by atoms with van der Waals surface area (Å²) >= 11 is 0. The lowest BCUT2D eigenvalue weighted by Gasteiger charge is -2.15. The lowest BCUT2D eigenvalue weighted by molar-refractivity contribution is -0.127. The molecule has 0 bridgehead atoms. The number of hydrogen-bond acceptors (Lipinski definition) is 2. The number of rotatable bonds is 6. The van der Waals surface area contributed by atoms with E-state index in [2.05, 4.69) is 12.2 Å². The molecule has 80 valence electrons. The Morgan fingerprint density at radius 1 is 1.43 bits per heavy atom. The van der Waals surface area contributed by atoms with Crippen molar-refractivity contribution in [2.75, 3.05) is 0 Å². The topological polar surface area (TPSA) is 46.2 Å². The highest BCUT2D eigenvalue weighted by Gasteiger charge is 2.25. The highest BCUT2D eigenvalue weighted by Crippen LogP contribution is 2.33. The summed E-state index contributed by atoms with van der Waals surface area (Å²) in [5.74, 6) is 0.631. The number of nitrogens with one attached hydrogen (secondary N) is 1. The van der Waals surface area contributed by atoms with Gasteiger partial charge in [0.15, 0.2) is 0 Å². The molecule has 1 saturated carbocycles. The summed E-state index contributed by atoms with van der Waals surface area (Å²) in [6, 6.07) is 0.273. The molecule has 1 fully saturated rings. The Balaban J connectivity index is 2.23. The van der Waals surface area contributed by atoms with Crippen LogP contribution in [0.4, 0.5) is 0 Å². The first-order chi connectivity index (χ1) is 6.61. The maximum absolute atomic E-state index is 11.3. The van der Waals surface area contributed by atoms with Crippen molar-refractivity contribution in [1.29, 1.82) is 0 Å². The lowest BCUT2D eigenvalue weighted by atomic mass is 10.1. The van der Waals surface area contributed by atoms with E-state index in [-0.39, 0.29) is 24.2 Å². The van der Waals surface area contributed by atoms with E-state index in [4.69, 9.17) is 0 Å². The van der Waals surface area contributed by atoms with Crippen LogP contribution in [-0.2, 0) is 9.59 Å². The number of ketones is 1. The average molecular weight is 197 g/mol. The zero-order chi connectivity index (χ0) is 10.6. The van der Waals surface area contributed by atoms with Crippen LogP contribution in [0, 0.1) is 5.92 Å². The van der Waals surface area contributed by atoms with Crippen molar-refractivity contribution in [3.8, 4) is 0 Å². The maximum Gasteiger partial charge on any atom is 0.227 e. The van der Waals surface area contributed by atoms with E-state index in [1.807, 2.05) is 0 Å². The van der Waals surface area contributed by atoms with Crippen molar-refractivity contribution in [3.05, 3.63) is 0 Å². The molecular formula is C11H19NO2. The van der Waals surface area contributed by atoms with Gasteiger partial charge < -0.3 is 5.32 Å². The molecule has 0 aliphatic heterocycles. The maximum atomic E-state index is 11.3. The standard InChI is InChI=1S/C11H19NO2/c1-3-10(7-9-4-5-9)12-11(14)6-8(2)13/h9-10H,3-7H2,1-2H3,(H,12,14). The highest BCUT2D eigenvalue weighted by molar-refractivity contribution is 5.96. The molecule has 14 heavy (non-hydrogen) atoms. The molecule has 0 saturated heterocycles. The summed E-state index contributed by atoms with van der Waals surface area (Å²) in [6.45, 7) is 3.52. The zero-order valence-corrected chi connectivity index (χ0v) is 9.01. The smallest absolute Gasteiger partial charge is 0.227 e. The van der Waals surface area contributed by atoms with Gasteiger partial charge in [-0.25, -0.2) is 0 Å². The third-order valence-corrected chi connectivity index (χ3v) is 2.58. The minimum atomic E-state index is -0.120. The minimum absolute atomic E-state index is 0.0289. The Kier molecular flexibility index (Phi) is 4.11. The third-order valence-electron chi connectivity index (χ3n) is 2.58. The summed E-state index contributed by atoms with van der Waals surface area (Å²) in [5.41, 5.74) is 0. The second-order valence-corrected chi connectivity index (χ2v) is 4.23. The molecular weight excluding hydrogens is 178 g/mol. The van der Waals surface area contributed by atoms with Crippen LogP contribution in [0.2, 0.25) is 0 Å². The van der Waals surface area contributed by atoms with E-state index >= 15 is 0 Å². The highest BCUT2D eigenvalue weighted by atomic mass is 16.2. The van der Waals surface area contributed by atoms with Gasteiger partial charge in [-0.2, -0.15) is 0 Å². The molecule has 3 heteroatoms. The SMILES string of the molecule is CCC(CC1CC1)NC(=O)CC(C)=O. The predicted molar refractivity (Wildman–Crippen MR) is 54.9 cm³/mol. The summed E-state index contributed by atoms with van der Waals surface area (Å²) in [5, 5.41) is 2.91. The van der Waals surface area contributed by atoms with Crippen molar-refractivity contribution in [3.63, 3.8) is 0 Å². The van der Waals surface area contributed by atoms with E-state index < -0.39 is 0 Å². The second kappa shape index (κ2) is 5.13. The molecule has 0 aromatic rings. The fraction of sp³-hybridized carbons (Fsp3) is 0.818. The number of Topliss-reactive ketones (excluding diaryl/α,β-unsaturated/α-hetero) is 1. The first-order valence-corrected chi connectivity index (χ1v) is 5.40. The van der Waals surface area contributed by atoms with Gasteiger partial charge in [-0.15, -0.1) is 0 Å². The molecule has 1 N–H and O–H groups in total. The molecule has 0 heterocycles. The van der Waals surface area contributed by atoms with Crippen molar-refractivity contribution < 1.29 is 9.59 Å². The zero-order valence-electron chi connectivity index (χ0n) is 9.01. The third kappa shape index (κ3) is 4.40. The molecule has 1 aliphatic carbocycles. The molecule has 0 aromatic heterocycles. The van der Waals surface area contributed by atoms with Gasteiger partial charge in [-0.3, -0.25) is 9.59 Å². The van der Waals surface area contributed by atoms with Crippen LogP contribution in [0.25, 0.3) is 0 Å². The predicted octanol–water partition coefficient (Wildman–Crippen LogP) is 1.66. The fourth-order valence-electron chi connectivity index (χ4n) is 1.59. The van der Waals surface area contributed by atoms with Crippen LogP contribution in [-0.4, -0.2) is 17.7 Å². The van der Waals surface area contributed by atoms with Crippen LogP contribution in [0.1, 0.15) is 46.0 Å². The van der Waals surface area contributed by atoms with Gasteiger partial charge >= 0.3 is 0 Å². The lowest BCUT2D eigenvalue weighted by Crippen LogP contribution is -2.35. The van der Waals surface area contributed by atoms with E-state index in [0.29, 0.717) is 0 Å². The van der Waals surface area contributed by atoms with Crippen molar-refractivity contribution in [2.45, 2.75) is 52.0 Å². The number of carbonyl (C=O) groups excluding carboxylic acids is 2. The van der Waals surface area contributed by atoms with Crippen LogP contribution in [0.3, 0.4) is 0 Å². The summed E-state index contributed by atoms with van der Waals surface area (Å²) in [6.07, 6.45) is 4.68. The fourth-order valence-corrected chi connectivity index (χ4v) is 1.59. The summed E-state index contributed by atoms with van der Waals surface area (Å²) in [4.78, 5) is 22.0. The molecule has 0 radical (unpaired) electrons. The number of carbonyl (C=O) groups is 2. The molecule has 3 nitrogen and oxygen atoms in total. The first kappa shape index (κ1) is 11.2. The molecule has 1 aliphatic rings. The second-order valence-electron chi connectivity index (χ2n) is 4.23. The van der Waals surface area contributed by atoms with E-state index in [1.165, 1.54) is 19.8 Å². The largest absolute Gasteiger partial charge is 0.353 e. The molecule has 1 unspecified atom stereocenters. The Morgan fingerprint density at radius 2 is 2.07 bits per heavy atom.